The SMILES string of the molecule is c1ccc(-c2cccc(-c3ccccc3N(c3ccc(-c4ccccc4)cc3-c3ccccc3)c3ccc(-c4ccccc4)c4oc5ccccc5c34)c2)cc1. The van der Waals surface area contributed by atoms with Crippen LogP contribution in [0.2, 0.25) is 0 Å². The van der Waals surface area contributed by atoms with Gasteiger partial charge in [-0.25, -0.2) is 0 Å². The molecule has 2 nitrogen and oxygen atoms in total. The van der Waals surface area contributed by atoms with E-state index in [-0.39, 0.29) is 0 Å². The minimum atomic E-state index is 0.860. The number of fused-ring (bicyclic) bond motifs is 3. The van der Waals surface area contributed by atoms with E-state index in [2.05, 4.69) is 229 Å². The lowest BCUT2D eigenvalue weighted by Gasteiger charge is -2.31. The van der Waals surface area contributed by atoms with Crippen LogP contribution in [0, 0.1) is 0 Å². The molecular weight excluding hydrogens is 679 g/mol. The van der Waals surface area contributed by atoms with Crippen molar-refractivity contribution in [2.24, 2.45) is 0 Å². The summed E-state index contributed by atoms with van der Waals surface area (Å²) in [5.41, 5.74) is 16.3. The Bertz CT molecular complexity index is 2950. The number of anilines is 3. The zero-order chi connectivity index (χ0) is 37.3. The second kappa shape index (κ2) is 14.4. The van der Waals surface area contributed by atoms with Crippen molar-refractivity contribution in [2.75, 3.05) is 4.90 Å². The first-order chi connectivity index (χ1) is 27.8. The van der Waals surface area contributed by atoms with E-state index in [4.69, 9.17) is 4.42 Å². The van der Waals surface area contributed by atoms with Gasteiger partial charge in [-0.05, 0) is 81.4 Å². The van der Waals surface area contributed by atoms with Crippen LogP contribution >= 0.6 is 0 Å². The number of rotatable bonds is 8. The summed E-state index contributed by atoms with van der Waals surface area (Å²) < 4.78 is 6.85. The molecule has 1 aromatic heterocycles. The number of hydrogen-bond acceptors (Lipinski definition) is 2. The van der Waals surface area contributed by atoms with Gasteiger partial charge in [-0.3, -0.25) is 0 Å². The van der Waals surface area contributed by atoms with E-state index in [9.17, 15) is 0 Å². The molecule has 0 atom stereocenters. The largest absolute Gasteiger partial charge is 0.455 e. The van der Waals surface area contributed by atoms with Gasteiger partial charge in [-0.2, -0.15) is 0 Å². The van der Waals surface area contributed by atoms with Crippen molar-refractivity contribution in [3.63, 3.8) is 0 Å². The Kier molecular flexibility index (Phi) is 8.55. The van der Waals surface area contributed by atoms with Crippen molar-refractivity contribution in [1.29, 1.82) is 0 Å². The third kappa shape index (κ3) is 6.04. The van der Waals surface area contributed by atoms with Crippen molar-refractivity contribution >= 4 is 39.0 Å². The molecule has 0 aliphatic carbocycles. The van der Waals surface area contributed by atoms with Crippen LogP contribution in [-0.2, 0) is 0 Å². The van der Waals surface area contributed by atoms with Crippen LogP contribution in [0.5, 0.6) is 0 Å². The number of benzene rings is 9. The third-order valence-corrected chi connectivity index (χ3v) is 10.7. The van der Waals surface area contributed by atoms with Gasteiger partial charge < -0.3 is 9.32 Å². The summed E-state index contributed by atoms with van der Waals surface area (Å²) in [4.78, 5) is 2.46. The van der Waals surface area contributed by atoms with Crippen LogP contribution in [-0.4, -0.2) is 0 Å². The Morgan fingerprint density at radius 2 is 0.786 bits per heavy atom. The van der Waals surface area contributed by atoms with Crippen LogP contribution in [0.25, 0.3) is 77.6 Å². The van der Waals surface area contributed by atoms with E-state index in [1.54, 1.807) is 0 Å². The summed E-state index contributed by atoms with van der Waals surface area (Å²) >= 11 is 0. The molecule has 0 saturated heterocycles. The summed E-state index contributed by atoms with van der Waals surface area (Å²) in [5, 5.41) is 2.15. The van der Waals surface area contributed by atoms with Gasteiger partial charge in [-0.15, -0.1) is 0 Å². The van der Waals surface area contributed by atoms with Gasteiger partial charge in [0.15, 0.2) is 0 Å². The number of nitrogens with zero attached hydrogens (tertiary/aromatic N) is 1. The molecule has 2 heteroatoms. The van der Waals surface area contributed by atoms with Gasteiger partial charge >= 0.3 is 0 Å². The van der Waals surface area contributed by atoms with E-state index >= 15 is 0 Å². The summed E-state index contributed by atoms with van der Waals surface area (Å²) in [6.07, 6.45) is 0. The lowest BCUT2D eigenvalue weighted by Crippen LogP contribution is -2.13. The zero-order valence-electron chi connectivity index (χ0n) is 30.7. The second-order valence-electron chi connectivity index (χ2n) is 14.1. The molecule has 0 N–H and O–H groups in total. The highest BCUT2D eigenvalue weighted by atomic mass is 16.3. The van der Waals surface area contributed by atoms with Gasteiger partial charge in [0, 0.05) is 22.1 Å². The van der Waals surface area contributed by atoms with Crippen LogP contribution in [0.15, 0.2) is 229 Å². The van der Waals surface area contributed by atoms with E-state index < -0.39 is 0 Å². The molecule has 10 aromatic rings. The Balaban J connectivity index is 1.29. The Labute approximate surface area is 327 Å². The van der Waals surface area contributed by atoms with Crippen molar-refractivity contribution in [2.45, 2.75) is 0 Å². The molecule has 0 aliphatic rings. The highest BCUT2D eigenvalue weighted by molar-refractivity contribution is 6.18. The molecule has 264 valence electrons. The van der Waals surface area contributed by atoms with Crippen LogP contribution < -0.4 is 4.90 Å². The van der Waals surface area contributed by atoms with E-state index in [1.807, 2.05) is 0 Å². The zero-order valence-corrected chi connectivity index (χ0v) is 30.7. The molecule has 0 fully saturated rings. The van der Waals surface area contributed by atoms with Crippen molar-refractivity contribution in [3.05, 3.63) is 224 Å². The number of furan rings is 1. The molecule has 56 heavy (non-hydrogen) atoms. The van der Waals surface area contributed by atoms with E-state index in [1.165, 1.54) is 16.7 Å². The monoisotopic (exact) mass is 715 g/mol. The minimum absolute atomic E-state index is 0.860. The fourth-order valence-electron chi connectivity index (χ4n) is 8.03. The predicted octanol–water partition coefficient (Wildman–Crippen LogP) is 15.4. The summed E-state index contributed by atoms with van der Waals surface area (Å²) in [5.74, 6) is 0. The molecule has 0 bridgehead atoms. The Morgan fingerprint density at radius 3 is 1.48 bits per heavy atom. The van der Waals surface area contributed by atoms with Crippen LogP contribution in [0.1, 0.15) is 0 Å². The fraction of sp³-hybridized carbons (Fsp3) is 0. The highest BCUT2D eigenvalue weighted by Crippen LogP contribution is 2.50. The Hall–Kier alpha value is -7.42. The first-order valence-electron chi connectivity index (χ1n) is 19.1. The first kappa shape index (κ1) is 33.2. The molecule has 10 rings (SSSR count). The third-order valence-electron chi connectivity index (χ3n) is 10.7. The standard InChI is InChI=1S/C54H37NO/c1-5-18-38(19-6-1)42-26-17-27-44(36-42)45-28-13-15-30-49(45)55(50-34-32-43(39-20-7-2-8-21-39)37-48(50)41-24-11-4-12-25-41)51-35-33-46(40-22-9-3-10-23-40)54-53(51)47-29-14-16-31-52(47)56-54/h1-37H. The van der Waals surface area contributed by atoms with Crippen molar-refractivity contribution in [1.82, 2.24) is 0 Å². The maximum atomic E-state index is 6.85. The van der Waals surface area contributed by atoms with E-state index in [0.717, 1.165) is 77.9 Å². The molecule has 0 amide bonds. The first-order valence-corrected chi connectivity index (χ1v) is 19.1. The van der Waals surface area contributed by atoms with E-state index in [0.29, 0.717) is 0 Å². The maximum absolute atomic E-state index is 6.85. The van der Waals surface area contributed by atoms with Crippen LogP contribution in [0.3, 0.4) is 0 Å². The van der Waals surface area contributed by atoms with Crippen molar-refractivity contribution < 1.29 is 4.42 Å². The molecule has 0 spiro atoms. The fourth-order valence-corrected chi connectivity index (χ4v) is 8.03. The predicted molar refractivity (Wildman–Crippen MR) is 236 cm³/mol. The quantitative estimate of drug-likeness (QED) is 0.156. The topological polar surface area (TPSA) is 16.4 Å². The molecule has 9 aromatic carbocycles. The second-order valence-corrected chi connectivity index (χ2v) is 14.1. The van der Waals surface area contributed by atoms with Gasteiger partial charge in [0.25, 0.3) is 0 Å². The molecular formula is C54H37NO. The maximum Gasteiger partial charge on any atom is 0.145 e. The average molecular weight is 716 g/mol. The van der Waals surface area contributed by atoms with Gasteiger partial charge in [0.05, 0.1) is 22.4 Å². The molecule has 1 heterocycles. The van der Waals surface area contributed by atoms with Crippen LogP contribution in [0.4, 0.5) is 17.1 Å². The average Bonchev–Trinajstić information content (AvgIpc) is 3.68. The lowest BCUT2D eigenvalue weighted by atomic mass is 9.93. The minimum Gasteiger partial charge on any atom is -0.455 e. The molecule has 0 radical (unpaired) electrons. The summed E-state index contributed by atoms with van der Waals surface area (Å²) in [6, 6.07) is 80.0. The van der Waals surface area contributed by atoms with Crippen molar-refractivity contribution in [3.8, 4) is 55.6 Å². The summed E-state index contributed by atoms with van der Waals surface area (Å²) in [6.45, 7) is 0. The number of para-hydroxylation sites is 2. The summed E-state index contributed by atoms with van der Waals surface area (Å²) in [7, 11) is 0. The molecule has 0 unspecified atom stereocenters. The van der Waals surface area contributed by atoms with Gasteiger partial charge in [-0.1, -0.05) is 182 Å². The van der Waals surface area contributed by atoms with Gasteiger partial charge in [0.1, 0.15) is 11.2 Å². The smallest absolute Gasteiger partial charge is 0.145 e. The number of hydrogen-bond donors (Lipinski definition) is 0. The highest BCUT2D eigenvalue weighted by Gasteiger charge is 2.26. The Morgan fingerprint density at radius 1 is 0.286 bits per heavy atom. The molecule has 0 saturated carbocycles. The normalized spacial score (nSPS) is 11.2. The lowest BCUT2D eigenvalue weighted by molar-refractivity contribution is 0.670. The molecule has 0 aliphatic heterocycles. The van der Waals surface area contributed by atoms with Gasteiger partial charge in [0.2, 0.25) is 0 Å².